The number of nitrogens with two attached hydrogens (primary N) is 1. The number of hydrogen-bond acceptors (Lipinski definition) is 3. The maximum absolute atomic E-state index is 11.4. The van der Waals surface area contributed by atoms with E-state index in [1.165, 1.54) is 6.08 Å². The van der Waals surface area contributed by atoms with Crippen LogP contribution >= 0.6 is 0 Å². The van der Waals surface area contributed by atoms with Gasteiger partial charge in [-0.1, -0.05) is 66.7 Å². The Balaban J connectivity index is 1.68. The summed E-state index contributed by atoms with van der Waals surface area (Å²) >= 11 is 0. The SMILES string of the molecule is NC(=O)/C=C/c1cc(-c2cccc(O)c2)ccc1-c1cccc(OCc2ccccc2)c1. The van der Waals surface area contributed by atoms with Crippen LogP contribution in [0, 0.1) is 0 Å². The van der Waals surface area contributed by atoms with Gasteiger partial charge in [0.15, 0.2) is 0 Å². The quantitative estimate of drug-likeness (QED) is 0.370. The number of amides is 1. The van der Waals surface area contributed by atoms with E-state index in [0.717, 1.165) is 39.1 Å². The van der Waals surface area contributed by atoms with Gasteiger partial charge in [-0.05, 0) is 69.8 Å². The predicted molar refractivity (Wildman–Crippen MR) is 128 cm³/mol. The number of phenols is 1. The minimum Gasteiger partial charge on any atom is -0.508 e. The molecule has 0 fully saturated rings. The van der Waals surface area contributed by atoms with E-state index in [9.17, 15) is 9.90 Å². The standard InChI is InChI=1S/C28H23NO3/c29-28(31)15-13-24-16-22(21-8-4-10-25(30)17-21)12-14-27(24)23-9-5-11-26(18-23)32-19-20-6-2-1-3-7-20/h1-18,30H,19H2,(H2,29,31)/b15-13+. The summed E-state index contributed by atoms with van der Waals surface area (Å²) in [6.07, 6.45) is 3.06. The Bertz CT molecular complexity index is 1260. The first kappa shape index (κ1) is 20.9. The third kappa shape index (κ3) is 5.24. The van der Waals surface area contributed by atoms with Crippen molar-refractivity contribution in [3.05, 3.63) is 114 Å². The number of rotatable bonds is 7. The fraction of sp³-hybridized carbons (Fsp3) is 0.0357. The molecule has 4 rings (SSSR count). The Morgan fingerprint density at radius 2 is 1.56 bits per heavy atom. The normalized spacial score (nSPS) is 10.9. The van der Waals surface area contributed by atoms with Gasteiger partial charge in [0, 0.05) is 6.08 Å². The molecule has 0 aliphatic rings. The summed E-state index contributed by atoms with van der Waals surface area (Å²) in [5.74, 6) is 0.441. The lowest BCUT2D eigenvalue weighted by Gasteiger charge is -2.12. The first-order valence-electron chi connectivity index (χ1n) is 10.3. The average Bonchev–Trinajstić information content (AvgIpc) is 2.82. The highest BCUT2D eigenvalue weighted by molar-refractivity contribution is 5.92. The summed E-state index contributed by atoms with van der Waals surface area (Å²) < 4.78 is 5.98. The molecule has 0 aliphatic carbocycles. The highest BCUT2D eigenvalue weighted by atomic mass is 16.5. The third-order valence-electron chi connectivity index (χ3n) is 5.05. The molecule has 4 heteroatoms. The lowest BCUT2D eigenvalue weighted by atomic mass is 9.94. The van der Waals surface area contributed by atoms with Crippen molar-refractivity contribution in [2.75, 3.05) is 0 Å². The Labute approximate surface area is 187 Å². The maximum Gasteiger partial charge on any atom is 0.241 e. The summed E-state index contributed by atoms with van der Waals surface area (Å²) in [4.78, 5) is 11.4. The molecule has 0 unspecified atom stereocenters. The van der Waals surface area contributed by atoms with Gasteiger partial charge in [0.2, 0.25) is 5.91 Å². The van der Waals surface area contributed by atoms with Gasteiger partial charge in [-0.25, -0.2) is 0 Å². The van der Waals surface area contributed by atoms with Crippen molar-refractivity contribution in [2.24, 2.45) is 5.73 Å². The van der Waals surface area contributed by atoms with Crippen LogP contribution in [0.15, 0.2) is 103 Å². The Morgan fingerprint density at radius 3 is 2.34 bits per heavy atom. The fourth-order valence-corrected chi connectivity index (χ4v) is 3.49. The summed E-state index contributed by atoms with van der Waals surface area (Å²) in [6.45, 7) is 0.481. The van der Waals surface area contributed by atoms with Crippen molar-refractivity contribution in [3.63, 3.8) is 0 Å². The van der Waals surface area contributed by atoms with Gasteiger partial charge in [-0.15, -0.1) is 0 Å². The van der Waals surface area contributed by atoms with Crippen molar-refractivity contribution in [1.29, 1.82) is 0 Å². The van der Waals surface area contributed by atoms with Gasteiger partial charge < -0.3 is 15.6 Å². The Morgan fingerprint density at radius 1 is 0.812 bits per heavy atom. The molecule has 0 aliphatic heterocycles. The summed E-state index contributed by atoms with van der Waals surface area (Å²) in [7, 11) is 0. The van der Waals surface area contributed by atoms with E-state index in [1.807, 2.05) is 78.9 Å². The highest BCUT2D eigenvalue weighted by Crippen LogP contribution is 2.32. The fourth-order valence-electron chi connectivity index (χ4n) is 3.49. The summed E-state index contributed by atoms with van der Waals surface area (Å²) in [5, 5.41) is 9.83. The monoisotopic (exact) mass is 421 g/mol. The molecule has 0 heterocycles. The van der Waals surface area contributed by atoms with Crippen molar-refractivity contribution < 1.29 is 14.6 Å². The molecule has 32 heavy (non-hydrogen) atoms. The lowest BCUT2D eigenvalue weighted by Crippen LogP contribution is -2.05. The summed E-state index contributed by atoms with van der Waals surface area (Å²) in [5.41, 5.74) is 11.0. The molecule has 4 aromatic carbocycles. The number of phenolic OH excluding ortho intramolecular Hbond substituents is 1. The predicted octanol–water partition coefficient (Wildman–Crippen LogP) is 5.80. The largest absolute Gasteiger partial charge is 0.508 e. The molecule has 4 nitrogen and oxygen atoms in total. The van der Waals surface area contributed by atoms with Gasteiger partial charge in [-0.2, -0.15) is 0 Å². The van der Waals surface area contributed by atoms with Gasteiger partial charge in [0.25, 0.3) is 0 Å². The smallest absolute Gasteiger partial charge is 0.241 e. The van der Waals surface area contributed by atoms with Crippen LogP contribution in [0.25, 0.3) is 28.3 Å². The molecule has 158 valence electrons. The number of carbonyl (C=O) groups is 1. The topological polar surface area (TPSA) is 72.6 Å². The van der Waals surface area contributed by atoms with Crippen LogP contribution in [0.4, 0.5) is 0 Å². The number of hydrogen-bond donors (Lipinski definition) is 2. The number of ether oxygens (including phenoxy) is 1. The van der Waals surface area contributed by atoms with Crippen LogP contribution in [0.2, 0.25) is 0 Å². The lowest BCUT2D eigenvalue weighted by molar-refractivity contribution is -0.113. The average molecular weight is 421 g/mol. The first-order chi connectivity index (χ1) is 15.6. The van der Waals surface area contributed by atoms with Crippen LogP contribution < -0.4 is 10.5 Å². The molecule has 0 spiro atoms. The molecule has 4 aromatic rings. The highest BCUT2D eigenvalue weighted by Gasteiger charge is 2.08. The molecule has 0 aromatic heterocycles. The van der Waals surface area contributed by atoms with Crippen molar-refractivity contribution in [2.45, 2.75) is 6.61 Å². The molecule has 0 radical (unpaired) electrons. The van der Waals surface area contributed by atoms with Gasteiger partial charge in [0.1, 0.15) is 18.1 Å². The van der Waals surface area contributed by atoms with Crippen LogP contribution in [-0.4, -0.2) is 11.0 Å². The number of benzene rings is 4. The van der Waals surface area contributed by atoms with E-state index >= 15 is 0 Å². The first-order valence-corrected chi connectivity index (χ1v) is 10.3. The van der Waals surface area contributed by atoms with E-state index in [4.69, 9.17) is 10.5 Å². The van der Waals surface area contributed by atoms with Crippen molar-refractivity contribution >= 4 is 12.0 Å². The van der Waals surface area contributed by atoms with E-state index in [2.05, 4.69) is 0 Å². The number of carbonyl (C=O) groups excluding carboxylic acids is 1. The molecule has 0 bridgehead atoms. The minimum absolute atomic E-state index is 0.198. The Hall–Kier alpha value is -4.31. The molecular formula is C28H23NO3. The maximum atomic E-state index is 11.4. The van der Waals surface area contributed by atoms with E-state index in [-0.39, 0.29) is 5.75 Å². The molecule has 3 N–H and O–H groups in total. The zero-order chi connectivity index (χ0) is 22.3. The molecule has 1 amide bonds. The van der Waals surface area contributed by atoms with E-state index in [1.54, 1.807) is 24.3 Å². The Kier molecular flexibility index (Phi) is 6.33. The van der Waals surface area contributed by atoms with E-state index in [0.29, 0.717) is 6.61 Å². The zero-order valence-electron chi connectivity index (χ0n) is 17.4. The second-order valence-corrected chi connectivity index (χ2v) is 7.39. The zero-order valence-corrected chi connectivity index (χ0v) is 17.4. The second-order valence-electron chi connectivity index (χ2n) is 7.39. The number of aromatic hydroxyl groups is 1. The van der Waals surface area contributed by atoms with Crippen molar-refractivity contribution in [3.8, 4) is 33.8 Å². The molecular weight excluding hydrogens is 398 g/mol. The van der Waals surface area contributed by atoms with E-state index < -0.39 is 5.91 Å². The molecule has 0 atom stereocenters. The molecule has 0 saturated carbocycles. The van der Waals surface area contributed by atoms with Crippen molar-refractivity contribution in [1.82, 2.24) is 0 Å². The number of primary amides is 1. The van der Waals surface area contributed by atoms with Crippen LogP contribution in [0.3, 0.4) is 0 Å². The van der Waals surface area contributed by atoms with Crippen LogP contribution in [0.1, 0.15) is 11.1 Å². The minimum atomic E-state index is -0.515. The van der Waals surface area contributed by atoms with Gasteiger partial charge >= 0.3 is 0 Å². The second kappa shape index (κ2) is 9.67. The van der Waals surface area contributed by atoms with Crippen LogP contribution in [-0.2, 0) is 11.4 Å². The van der Waals surface area contributed by atoms with Crippen LogP contribution in [0.5, 0.6) is 11.5 Å². The summed E-state index contributed by atoms with van der Waals surface area (Å²) in [6, 6.07) is 30.9. The van der Waals surface area contributed by atoms with Gasteiger partial charge in [0.05, 0.1) is 0 Å². The molecule has 0 saturated heterocycles. The third-order valence-corrected chi connectivity index (χ3v) is 5.05. The van der Waals surface area contributed by atoms with Gasteiger partial charge in [-0.3, -0.25) is 4.79 Å².